The lowest BCUT2D eigenvalue weighted by Crippen LogP contribution is -2.65. The highest BCUT2D eigenvalue weighted by molar-refractivity contribution is 5.77. The Labute approximate surface area is 156 Å². The van der Waals surface area contributed by atoms with E-state index >= 15 is 0 Å². The maximum Gasteiger partial charge on any atom is 0.311 e. The Morgan fingerprint density at radius 2 is 2.00 bits per heavy atom. The number of rotatable bonds is 2. The van der Waals surface area contributed by atoms with E-state index in [0.717, 1.165) is 44.1 Å². The van der Waals surface area contributed by atoms with Crippen molar-refractivity contribution in [2.75, 3.05) is 7.11 Å². The average Bonchev–Trinajstić information content (AvgIpc) is 2.59. The van der Waals surface area contributed by atoms with Crippen LogP contribution in [0.2, 0.25) is 0 Å². The van der Waals surface area contributed by atoms with Crippen molar-refractivity contribution in [1.82, 2.24) is 0 Å². The van der Waals surface area contributed by atoms with Crippen LogP contribution in [-0.2, 0) is 19.3 Å². The van der Waals surface area contributed by atoms with Crippen LogP contribution in [0.4, 0.5) is 0 Å². The Hall–Kier alpha value is -0.910. The fourth-order valence-electron chi connectivity index (χ4n) is 6.83. The molecule has 1 N–H and O–H groups in total. The van der Waals surface area contributed by atoms with E-state index in [1.165, 1.54) is 7.11 Å². The van der Waals surface area contributed by atoms with Crippen molar-refractivity contribution in [1.29, 1.82) is 0 Å². The smallest absolute Gasteiger partial charge is 0.311 e. The van der Waals surface area contributed by atoms with Gasteiger partial charge in [-0.3, -0.25) is 4.79 Å². The van der Waals surface area contributed by atoms with Crippen LogP contribution >= 0.6 is 0 Å². The van der Waals surface area contributed by atoms with Gasteiger partial charge in [-0.05, 0) is 75.9 Å². The number of methoxy groups -OCH3 is 1. The van der Waals surface area contributed by atoms with Crippen LogP contribution in [0.15, 0.2) is 11.6 Å². The van der Waals surface area contributed by atoms with Crippen LogP contribution in [0.1, 0.15) is 66.2 Å². The first-order valence-corrected chi connectivity index (χ1v) is 9.95. The topological polar surface area (TPSA) is 65.0 Å². The van der Waals surface area contributed by atoms with Crippen molar-refractivity contribution in [3.8, 4) is 0 Å². The third-order valence-corrected chi connectivity index (χ3v) is 8.06. The van der Waals surface area contributed by atoms with Crippen molar-refractivity contribution in [3.63, 3.8) is 0 Å². The molecule has 26 heavy (non-hydrogen) atoms. The molecule has 4 unspecified atom stereocenters. The van der Waals surface area contributed by atoms with Gasteiger partial charge in [0.25, 0.3) is 0 Å². The zero-order valence-corrected chi connectivity index (χ0v) is 16.6. The van der Waals surface area contributed by atoms with Crippen LogP contribution in [0.5, 0.6) is 0 Å². The zero-order chi connectivity index (χ0) is 19.0. The maximum absolute atomic E-state index is 12.7. The molecule has 2 heterocycles. The molecule has 0 amide bonds. The number of aliphatic hydroxyl groups is 1. The molecule has 0 aromatic rings. The molecular formula is C21H32O5. The first-order valence-electron chi connectivity index (χ1n) is 9.95. The third kappa shape index (κ3) is 2.29. The second-order valence-electron chi connectivity index (χ2n) is 9.93. The first kappa shape index (κ1) is 18.5. The number of carbonyl (C=O) groups is 1. The van der Waals surface area contributed by atoms with Gasteiger partial charge >= 0.3 is 5.97 Å². The van der Waals surface area contributed by atoms with E-state index in [1.54, 1.807) is 0 Å². The predicted molar refractivity (Wildman–Crippen MR) is 96.0 cm³/mol. The molecule has 0 aromatic carbocycles. The van der Waals surface area contributed by atoms with E-state index < -0.39 is 16.6 Å². The second-order valence-corrected chi connectivity index (χ2v) is 9.93. The first-order chi connectivity index (χ1) is 12.1. The summed E-state index contributed by atoms with van der Waals surface area (Å²) < 4.78 is 5.20. The fraction of sp³-hybridized carbons (Fsp3) is 0.857. The molecule has 0 radical (unpaired) electrons. The molecule has 5 nitrogen and oxygen atoms in total. The molecule has 6 atom stereocenters. The maximum atomic E-state index is 12.7. The van der Waals surface area contributed by atoms with Gasteiger partial charge in [0.15, 0.2) is 0 Å². The molecule has 5 rings (SSSR count). The average molecular weight is 364 g/mol. The number of fused-ring (bicyclic) bond motifs is 2. The van der Waals surface area contributed by atoms with Gasteiger partial charge in [0.1, 0.15) is 11.7 Å². The normalized spacial score (nSPS) is 47.6. The number of esters is 1. The van der Waals surface area contributed by atoms with Crippen molar-refractivity contribution in [2.45, 2.75) is 83.5 Å². The minimum absolute atomic E-state index is 0.00307. The third-order valence-electron chi connectivity index (χ3n) is 8.06. The monoisotopic (exact) mass is 364 g/mol. The highest BCUT2D eigenvalue weighted by Gasteiger charge is 2.67. The summed E-state index contributed by atoms with van der Waals surface area (Å²) in [5, 5.41) is 10.6. The molecule has 2 bridgehead atoms. The molecule has 3 fully saturated rings. The van der Waals surface area contributed by atoms with Gasteiger partial charge in [-0.15, -0.1) is 0 Å². The summed E-state index contributed by atoms with van der Waals surface area (Å²) in [7, 11) is 1.50. The van der Waals surface area contributed by atoms with Gasteiger partial charge in [0.05, 0.1) is 18.1 Å². The van der Waals surface area contributed by atoms with Gasteiger partial charge in [-0.25, -0.2) is 9.78 Å². The summed E-state index contributed by atoms with van der Waals surface area (Å²) in [5.74, 6) is 0.506. The lowest BCUT2D eigenvalue weighted by molar-refractivity contribution is -0.435. The fourth-order valence-corrected chi connectivity index (χ4v) is 6.83. The summed E-state index contributed by atoms with van der Waals surface area (Å²) in [6.07, 6.45) is 7.53. The molecule has 146 valence electrons. The van der Waals surface area contributed by atoms with Crippen LogP contribution < -0.4 is 0 Å². The van der Waals surface area contributed by atoms with Crippen LogP contribution in [0.3, 0.4) is 0 Å². The van der Waals surface area contributed by atoms with E-state index in [4.69, 9.17) is 14.5 Å². The lowest BCUT2D eigenvalue weighted by atomic mass is 9.43. The van der Waals surface area contributed by atoms with E-state index in [2.05, 4.69) is 19.9 Å². The summed E-state index contributed by atoms with van der Waals surface area (Å²) in [4.78, 5) is 24.3. The SMILES string of the molecule is COC(=O)[C@]1(C)CCC[C@]2(C)C3CC4OOC3(C=C4C(C)(C)O)CCC21. The Morgan fingerprint density at radius 3 is 2.65 bits per heavy atom. The Morgan fingerprint density at radius 1 is 1.27 bits per heavy atom. The lowest BCUT2D eigenvalue weighted by Gasteiger charge is -2.65. The summed E-state index contributed by atoms with van der Waals surface area (Å²) in [6.45, 7) is 8.06. The summed E-state index contributed by atoms with van der Waals surface area (Å²) in [5.41, 5.74) is -0.873. The van der Waals surface area contributed by atoms with Gasteiger partial charge in [0.2, 0.25) is 0 Å². The van der Waals surface area contributed by atoms with E-state index in [-0.39, 0.29) is 23.4 Å². The molecule has 1 saturated heterocycles. The highest BCUT2D eigenvalue weighted by Crippen LogP contribution is 2.67. The number of hydrogen-bond donors (Lipinski definition) is 1. The van der Waals surface area contributed by atoms with E-state index in [9.17, 15) is 9.90 Å². The largest absolute Gasteiger partial charge is 0.469 e. The van der Waals surface area contributed by atoms with Crippen molar-refractivity contribution >= 4 is 5.97 Å². The molecule has 3 aliphatic carbocycles. The van der Waals surface area contributed by atoms with Gasteiger partial charge in [0, 0.05) is 5.92 Å². The molecule has 2 saturated carbocycles. The number of carbonyl (C=O) groups excluding carboxylic acids is 1. The van der Waals surface area contributed by atoms with Crippen LogP contribution in [-0.4, -0.2) is 35.5 Å². The number of hydrogen-bond acceptors (Lipinski definition) is 5. The Balaban J connectivity index is 1.75. The molecule has 5 aliphatic rings. The zero-order valence-electron chi connectivity index (χ0n) is 16.6. The molecule has 2 aliphatic heterocycles. The predicted octanol–water partition coefficient (Wildman–Crippen LogP) is 3.55. The van der Waals surface area contributed by atoms with Crippen molar-refractivity contribution in [2.24, 2.45) is 22.7 Å². The Kier molecular flexibility index (Phi) is 3.94. The molecular weight excluding hydrogens is 332 g/mol. The molecule has 0 aromatic heterocycles. The quantitative estimate of drug-likeness (QED) is 0.461. The highest BCUT2D eigenvalue weighted by atomic mass is 17.2. The van der Waals surface area contributed by atoms with Crippen LogP contribution in [0, 0.1) is 22.7 Å². The summed E-state index contributed by atoms with van der Waals surface area (Å²) >= 11 is 0. The van der Waals surface area contributed by atoms with Gasteiger partial charge in [-0.1, -0.05) is 13.3 Å². The minimum atomic E-state index is -0.905. The summed E-state index contributed by atoms with van der Waals surface area (Å²) in [6, 6.07) is 0. The van der Waals surface area contributed by atoms with Crippen LogP contribution in [0.25, 0.3) is 0 Å². The second kappa shape index (κ2) is 5.55. The van der Waals surface area contributed by atoms with E-state index in [1.807, 2.05) is 13.8 Å². The van der Waals surface area contributed by atoms with Gasteiger partial charge < -0.3 is 9.84 Å². The standard InChI is InChI=1S/C21H32O5/c1-18(2,23)13-12-21-10-7-15-19(3,16(21)11-14(13)25-26-21)8-6-9-20(15,4)17(22)24-5/h12,14-16,23H,6-11H2,1-5H3/t14?,15?,16?,19-,20+,21?/m0/s1. The Bertz CT molecular complexity index is 649. The molecule has 5 heteroatoms. The molecule has 1 spiro atoms. The van der Waals surface area contributed by atoms with E-state index in [0.29, 0.717) is 5.92 Å². The number of ether oxygens (including phenoxy) is 1. The van der Waals surface area contributed by atoms with Crippen molar-refractivity contribution < 1.29 is 24.4 Å². The van der Waals surface area contributed by atoms with Gasteiger partial charge in [-0.2, -0.15) is 0 Å². The van der Waals surface area contributed by atoms with Crippen molar-refractivity contribution in [3.05, 3.63) is 11.6 Å². The minimum Gasteiger partial charge on any atom is -0.469 e.